The minimum Gasteiger partial charge on any atom is -0.505 e. The molecule has 0 radical (unpaired) electrons. The van der Waals surface area contributed by atoms with Crippen molar-refractivity contribution in [2.24, 2.45) is 0 Å². The number of halogens is 2. The van der Waals surface area contributed by atoms with Gasteiger partial charge in [0.15, 0.2) is 5.69 Å². The Labute approximate surface area is 103 Å². The molecule has 1 heterocycles. The minimum atomic E-state index is -2.66. The lowest BCUT2D eigenvalue weighted by molar-refractivity contribution is 0.0470. The highest BCUT2D eigenvalue weighted by atomic mass is 19.3. The number of rotatable bonds is 6. The third-order valence-corrected chi connectivity index (χ3v) is 2.20. The lowest BCUT2D eigenvalue weighted by atomic mass is 10.3. The number of methoxy groups -OCH3 is 1. The normalized spacial score (nSPS) is 10.7. The molecule has 1 aromatic heterocycles. The lowest BCUT2D eigenvalue weighted by Crippen LogP contribution is -2.38. The van der Waals surface area contributed by atoms with Crippen LogP contribution in [0.25, 0.3) is 0 Å². The smallest absolute Gasteiger partial charge is 0.276 e. The monoisotopic (exact) mass is 260 g/mol. The van der Waals surface area contributed by atoms with Crippen molar-refractivity contribution in [2.45, 2.75) is 6.43 Å². The van der Waals surface area contributed by atoms with E-state index in [1.807, 2.05) is 0 Å². The highest BCUT2D eigenvalue weighted by molar-refractivity contribution is 5.94. The average molecular weight is 260 g/mol. The van der Waals surface area contributed by atoms with Crippen LogP contribution in [0.15, 0.2) is 18.3 Å². The number of aromatic hydroxyl groups is 1. The second kappa shape index (κ2) is 6.85. The molecule has 0 fully saturated rings. The third-order valence-electron chi connectivity index (χ3n) is 2.20. The summed E-state index contributed by atoms with van der Waals surface area (Å²) >= 11 is 0. The van der Waals surface area contributed by atoms with Gasteiger partial charge in [0.2, 0.25) is 0 Å². The standard InChI is InChI=1S/C11H14F2N2O3/c1-18-6-5-15(7-9(12)13)11(17)10-8(16)3-2-4-14-10/h2-4,9,16H,5-7H2,1H3. The van der Waals surface area contributed by atoms with E-state index in [2.05, 4.69) is 4.98 Å². The van der Waals surface area contributed by atoms with Gasteiger partial charge in [-0.25, -0.2) is 13.8 Å². The molecule has 1 N–H and O–H groups in total. The summed E-state index contributed by atoms with van der Waals surface area (Å²) < 4.78 is 29.5. The first-order valence-electron chi connectivity index (χ1n) is 5.26. The molecule has 18 heavy (non-hydrogen) atoms. The fourth-order valence-corrected chi connectivity index (χ4v) is 1.36. The van der Waals surface area contributed by atoms with Gasteiger partial charge < -0.3 is 14.7 Å². The zero-order valence-corrected chi connectivity index (χ0v) is 9.84. The maximum atomic E-state index is 12.4. The molecule has 0 aliphatic heterocycles. The molecule has 0 atom stereocenters. The van der Waals surface area contributed by atoms with Crippen LogP contribution in [-0.4, -0.2) is 54.1 Å². The Morgan fingerprint density at radius 2 is 2.33 bits per heavy atom. The summed E-state index contributed by atoms with van der Waals surface area (Å²) in [6.45, 7) is -0.583. The van der Waals surface area contributed by atoms with Crippen molar-refractivity contribution in [1.29, 1.82) is 0 Å². The first kappa shape index (κ1) is 14.3. The molecule has 7 heteroatoms. The Morgan fingerprint density at radius 3 is 2.89 bits per heavy atom. The zero-order valence-electron chi connectivity index (χ0n) is 9.84. The number of amides is 1. The van der Waals surface area contributed by atoms with Crippen molar-refractivity contribution in [3.63, 3.8) is 0 Å². The first-order chi connectivity index (χ1) is 8.56. The van der Waals surface area contributed by atoms with Gasteiger partial charge in [0.1, 0.15) is 5.75 Å². The molecule has 0 aliphatic rings. The Balaban J connectivity index is 2.84. The number of carbonyl (C=O) groups is 1. The number of aromatic nitrogens is 1. The summed E-state index contributed by atoms with van der Waals surface area (Å²) in [5, 5.41) is 9.46. The molecule has 1 rings (SSSR count). The van der Waals surface area contributed by atoms with Gasteiger partial charge in [-0.2, -0.15) is 0 Å². The van der Waals surface area contributed by atoms with Crippen LogP contribution in [0.1, 0.15) is 10.5 Å². The van der Waals surface area contributed by atoms with Crippen molar-refractivity contribution in [3.05, 3.63) is 24.0 Å². The van der Waals surface area contributed by atoms with Crippen molar-refractivity contribution in [1.82, 2.24) is 9.88 Å². The number of ether oxygens (including phenoxy) is 1. The Hall–Kier alpha value is -1.76. The van der Waals surface area contributed by atoms with Gasteiger partial charge in [0.25, 0.3) is 12.3 Å². The molecular formula is C11H14F2N2O3. The SMILES string of the molecule is COCCN(CC(F)F)C(=O)c1ncccc1O. The maximum absolute atomic E-state index is 12.4. The van der Waals surface area contributed by atoms with E-state index in [0.29, 0.717) is 0 Å². The van der Waals surface area contributed by atoms with Crippen molar-refractivity contribution < 1.29 is 23.4 Å². The molecule has 0 unspecified atom stereocenters. The van der Waals surface area contributed by atoms with E-state index in [-0.39, 0.29) is 24.6 Å². The molecular weight excluding hydrogens is 246 g/mol. The van der Waals surface area contributed by atoms with Gasteiger partial charge in [-0.05, 0) is 12.1 Å². The molecule has 0 bridgehead atoms. The molecule has 5 nitrogen and oxygen atoms in total. The highest BCUT2D eigenvalue weighted by Crippen LogP contribution is 2.15. The quantitative estimate of drug-likeness (QED) is 0.833. The van der Waals surface area contributed by atoms with E-state index in [1.165, 1.54) is 25.4 Å². The van der Waals surface area contributed by atoms with Crippen LogP contribution in [0.5, 0.6) is 5.75 Å². The maximum Gasteiger partial charge on any atom is 0.276 e. The summed E-state index contributed by atoms with van der Waals surface area (Å²) in [6.07, 6.45) is -1.35. The molecule has 0 spiro atoms. The first-order valence-corrected chi connectivity index (χ1v) is 5.26. The van der Waals surface area contributed by atoms with E-state index >= 15 is 0 Å². The van der Waals surface area contributed by atoms with E-state index < -0.39 is 18.9 Å². The molecule has 0 saturated heterocycles. The predicted octanol–water partition coefficient (Wildman–Crippen LogP) is 1.14. The van der Waals surface area contributed by atoms with E-state index in [4.69, 9.17) is 4.74 Å². The predicted molar refractivity (Wildman–Crippen MR) is 59.7 cm³/mol. The number of hydrogen-bond acceptors (Lipinski definition) is 4. The van der Waals surface area contributed by atoms with Gasteiger partial charge >= 0.3 is 0 Å². The van der Waals surface area contributed by atoms with Crippen LogP contribution in [0.2, 0.25) is 0 Å². The van der Waals surface area contributed by atoms with Gasteiger partial charge in [-0.1, -0.05) is 0 Å². The van der Waals surface area contributed by atoms with E-state index in [1.54, 1.807) is 0 Å². The summed E-state index contributed by atoms with van der Waals surface area (Å²) in [5.74, 6) is -1.08. The van der Waals surface area contributed by atoms with E-state index in [9.17, 15) is 18.7 Å². The van der Waals surface area contributed by atoms with E-state index in [0.717, 1.165) is 4.90 Å². The molecule has 1 amide bonds. The Bertz CT molecular complexity index is 402. The summed E-state index contributed by atoms with van der Waals surface area (Å²) in [6, 6.07) is 2.72. The van der Waals surface area contributed by atoms with Gasteiger partial charge in [0.05, 0.1) is 13.2 Å². The molecule has 100 valence electrons. The minimum absolute atomic E-state index is 0.00961. The Kier molecular flexibility index (Phi) is 5.44. The van der Waals surface area contributed by atoms with Crippen LogP contribution in [0.3, 0.4) is 0 Å². The highest BCUT2D eigenvalue weighted by Gasteiger charge is 2.22. The van der Waals surface area contributed by atoms with Crippen molar-refractivity contribution >= 4 is 5.91 Å². The molecule has 0 saturated carbocycles. The van der Waals surface area contributed by atoms with Crippen LogP contribution in [0.4, 0.5) is 8.78 Å². The van der Waals surface area contributed by atoms with Crippen molar-refractivity contribution in [3.8, 4) is 5.75 Å². The summed E-state index contributed by atoms with van der Waals surface area (Å²) in [4.78, 5) is 16.5. The zero-order chi connectivity index (χ0) is 13.5. The molecule has 0 aromatic carbocycles. The fourth-order valence-electron chi connectivity index (χ4n) is 1.36. The second-order valence-corrected chi connectivity index (χ2v) is 3.51. The van der Waals surface area contributed by atoms with Crippen LogP contribution in [-0.2, 0) is 4.74 Å². The van der Waals surface area contributed by atoms with Gasteiger partial charge in [-0.15, -0.1) is 0 Å². The number of pyridine rings is 1. The summed E-state index contributed by atoms with van der Waals surface area (Å²) in [7, 11) is 1.41. The summed E-state index contributed by atoms with van der Waals surface area (Å²) in [5.41, 5.74) is -0.241. The van der Waals surface area contributed by atoms with Crippen LogP contribution >= 0.6 is 0 Å². The average Bonchev–Trinajstić information content (AvgIpc) is 2.34. The van der Waals surface area contributed by atoms with Gasteiger partial charge in [-0.3, -0.25) is 4.79 Å². The van der Waals surface area contributed by atoms with Crippen molar-refractivity contribution in [2.75, 3.05) is 26.8 Å². The van der Waals surface area contributed by atoms with Crippen LogP contribution in [0, 0.1) is 0 Å². The molecule has 0 aliphatic carbocycles. The number of nitrogens with zero attached hydrogens (tertiary/aromatic N) is 2. The topological polar surface area (TPSA) is 62.7 Å². The third kappa shape index (κ3) is 3.92. The number of hydrogen-bond donors (Lipinski definition) is 1. The fraction of sp³-hybridized carbons (Fsp3) is 0.455. The Morgan fingerprint density at radius 1 is 1.61 bits per heavy atom. The number of carbonyl (C=O) groups excluding carboxylic acids is 1. The van der Waals surface area contributed by atoms with Gasteiger partial charge in [0, 0.05) is 19.9 Å². The number of alkyl halides is 2. The lowest BCUT2D eigenvalue weighted by Gasteiger charge is -2.21. The van der Waals surface area contributed by atoms with Crippen LogP contribution < -0.4 is 0 Å². The largest absolute Gasteiger partial charge is 0.505 e. The molecule has 1 aromatic rings. The second-order valence-electron chi connectivity index (χ2n) is 3.51.